The van der Waals surface area contributed by atoms with Crippen molar-refractivity contribution in [2.75, 3.05) is 40.3 Å². The summed E-state index contributed by atoms with van der Waals surface area (Å²) < 4.78 is 0. The maximum atomic E-state index is 4.28. The van der Waals surface area contributed by atoms with Crippen LogP contribution in [-0.4, -0.2) is 56.1 Å². The van der Waals surface area contributed by atoms with Gasteiger partial charge < -0.3 is 15.1 Å². The number of rotatable bonds is 13. The Morgan fingerprint density at radius 1 is 1.03 bits per heavy atom. The first kappa shape index (κ1) is 26.5. The summed E-state index contributed by atoms with van der Waals surface area (Å²) in [4.78, 5) is 5.01. The monoisotopic (exact) mass is 461 g/mol. The fourth-order valence-corrected chi connectivity index (χ4v) is 5.31. The molecule has 3 nitrogen and oxygen atoms in total. The molecule has 2 aromatic carbocycles. The lowest BCUT2D eigenvalue weighted by Crippen LogP contribution is -2.36. The molecular formula is C31H47N3. The van der Waals surface area contributed by atoms with Crippen molar-refractivity contribution >= 4 is 5.70 Å². The summed E-state index contributed by atoms with van der Waals surface area (Å²) >= 11 is 0. The molecule has 2 unspecified atom stereocenters. The van der Waals surface area contributed by atoms with E-state index in [0.717, 1.165) is 24.6 Å². The minimum Gasteiger partial charge on any atom is -0.385 e. The van der Waals surface area contributed by atoms with Crippen molar-refractivity contribution in [1.82, 2.24) is 15.1 Å². The summed E-state index contributed by atoms with van der Waals surface area (Å²) in [5, 5.41) is 3.55. The van der Waals surface area contributed by atoms with E-state index in [-0.39, 0.29) is 0 Å². The molecule has 2 atom stereocenters. The van der Waals surface area contributed by atoms with Gasteiger partial charge in [0.1, 0.15) is 0 Å². The quantitative estimate of drug-likeness (QED) is 0.371. The SMILES string of the molecule is C=C(NCCC(CCC)N(C)C)c1ccc(CC2CCN(CC(C)c3ccccc3)CC2)cc1. The molecule has 2 aromatic rings. The van der Waals surface area contributed by atoms with E-state index in [4.69, 9.17) is 0 Å². The number of hydrogen-bond donors (Lipinski definition) is 1. The zero-order valence-electron chi connectivity index (χ0n) is 22.1. The molecule has 1 heterocycles. The fraction of sp³-hybridized carbons (Fsp3) is 0.548. The van der Waals surface area contributed by atoms with Crippen LogP contribution >= 0.6 is 0 Å². The molecule has 186 valence electrons. The van der Waals surface area contributed by atoms with Gasteiger partial charge in [-0.25, -0.2) is 0 Å². The first-order valence-electron chi connectivity index (χ1n) is 13.4. The first-order valence-corrected chi connectivity index (χ1v) is 13.4. The van der Waals surface area contributed by atoms with Crippen LogP contribution in [0.1, 0.15) is 68.6 Å². The summed E-state index contributed by atoms with van der Waals surface area (Å²) in [6, 6.07) is 20.7. The van der Waals surface area contributed by atoms with Crippen LogP contribution in [0.3, 0.4) is 0 Å². The molecule has 0 aliphatic carbocycles. The maximum absolute atomic E-state index is 4.28. The van der Waals surface area contributed by atoms with Gasteiger partial charge in [0.15, 0.2) is 0 Å². The molecule has 1 N–H and O–H groups in total. The Kier molecular flexibility index (Phi) is 10.7. The van der Waals surface area contributed by atoms with Crippen LogP contribution in [0.4, 0.5) is 0 Å². The third-order valence-electron chi connectivity index (χ3n) is 7.60. The predicted octanol–water partition coefficient (Wildman–Crippen LogP) is 6.43. The Hall–Kier alpha value is -2.10. The molecule has 0 amide bonds. The van der Waals surface area contributed by atoms with Gasteiger partial charge in [-0.05, 0) is 87.8 Å². The molecule has 0 spiro atoms. The van der Waals surface area contributed by atoms with Crippen LogP contribution < -0.4 is 5.32 Å². The zero-order valence-corrected chi connectivity index (χ0v) is 22.1. The molecule has 34 heavy (non-hydrogen) atoms. The standard InChI is InChI=1S/C31H47N3/c1-6-10-31(33(4)5)17-20-32-26(3)30-15-13-27(14-16-30)23-28-18-21-34(22-19-28)24-25(2)29-11-8-7-9-12-29/h7-9,11-16,25,28,31-32H,3,6,10,17-24H2,1-2,4-5H3. The lowest BCUT2D eigenvalue weighted by atomic mass is 9.89. The highest BCUT2D eigenvalue weighted by atomic mass is 15.1. The lowest BCUT2D eigenvalue weighted by molar-refractivity contribution is 0.177. The molecule has 0 saturated carbocycles. The van der Waals surface area contributed by atoms with Gasteiger partial charge in [-0.1, -0.05) is 81.4 Å². The Morgan fingerprint density at radius 2 is 1.71 bits per heavy atom. The number of piperidine rings is 1. The van der Waals surface area contributed by atoms with Crippen molar-refractivity contribution in [2.45, 2.75) is 64.3 Å². The number of nitrogens with zero attached hydrogens (tertiary/aromatic N) is 2. The van der Waals surface area contributed by atoms with Gasteiger partial charge in [-0.2, -0.15) is 0 Å². The number of nitrogens with one attached hydrogen (secondary N) is 1. The summed E-state index contributed by atoms with van der Waals surface area (Å²) in [7, 11) is 4.37. The lowest BCUT2D eigenvalue weighted by Gasteiger charge is -2.33. The van der Waals surface area contributed by atoms with E-state index >= 15 is 0 Å². The highest BCUT2D eigenvalue weighted by Crippen LogP contribution is 2.25. The Bertz CT molecular complexity index is 835. The highest BCUT2D eigenvalue weighted by molar-refractivity contribution is 5.61. The van der Waals surface area contributed by atoms with E-state index in [1.54, 1.807) is 0 Å². The van der Waals surface area contributed by atoms with Gasteiger partial charge in [0.2, 0.25) is 0 Å². The van der Waals surface area contributed by atoms with E-state index in [1.807, 2.05) is 0 Å². The zero-order chi connectivity index (χ0) is 24.3. The second kappa shape index (κ2) is 13.7. The van der Waals surface area contributed by atoms with Crippen LogP contribution in [0.5, 0.6) is 0 Å². The topological polar surface area (TPSA) is 18.5 Å². The van der Waals surface area contributed by atoms with Gasteiger partial charge >= 0.3 is 0 Å². The van der Waals surface area contributed by atoms with Crippen molar-refractivity contribution in [3.63, 3.8) is 0 Å². The highest BCUT2D eigenvalue weighted by Gasteiger charge is 2.21. The summed E-state index contributed by atoms with van der Waals surface area (Å²) in [6.07, 6.45) is 7.45. The molecule has 0 aromatic heterocycles. The van der Waals surface area contributed by atoms with Crippen LogP contribution in [0, 0.1) is 5.92 Å². The van der Waals surface area contributed by atoms with E-state index in [1.165, 1.54) is 68.4 Å². The second-order valence-corrected chi connectivity index (χ2v) is 10.6. The minimum atomic E-state index is 0.604. The van der Waals surface area contributed by atoms with Crippen molar-refractivity contribution < 1.29 is 0 Å². The van der Waals surface area contributed by atoms with Gasteiger partial charge in [0, 0.05) is 24.8 Å². The van der Waals surface area contributed by atoms with Crippen molar-refractivity contribution in [1.29, 1.82) is 0 Å². The van der Waals surface area contributed by atoms with Gasteiger partial charge in [-0.15, -0.1) is 0 Å². The molecule has 1 aliphatic heterocycles. The van der Waals surface area contributed by atoms with Gasteiger partial charge in [0.05, 0.1) is 0 Å². The molecule has 1 aliphatic rings. The summed E-state index contributed by atoms with van der Waals surface area (Å²) in [6.45, 7) is 13.5. The Morgan fingerprint density at radius 3 is 2.32 bits per heavy atom. The minimum absolute atomic E-state index is 0.604. The average molecular weight is 462 g/mol. The maximum Gasteiger partial charge on any atom is 0.0340 e. The van der Waals surface area contributed by atoms with Crippen LogP contribution in [0.25, 0.3) is 5.70 Å². The Labute approximate surface area is 209 Å². The molecule has 3 heteroatoms. The van der Waals surface area contributed by atoms with E-state index in [9.17, 15) is 0 Å². The third-order valence-corrected chi connectivity index (χ3v) is 7.60. The van der Waals surface area contributed by atoms with Gasteiger partial charge in [0.25, 0.3) is 0 Å². The van der Waals surface area contributed by atoms with Crippen LogP contribution in [-0.2, 0) is 6.42 Å². The summed E-state index contributed by atoms with van der Waals surface area (Å²) in [5.41, 5.74) is 5.18. The Balaban J connectivity index is 1.39. The van der Waals surface area contributed by atoms with E-state index in [0.29, 0.717) is 12.0 Å². The average Bonchev–Trinajstić information content (AvgIpc) is 2.85. The van der Waals surface area contributed by atoms with Crippen molar-refractivity contribution in [2.24, 2.45) is 5.92 Å². The number of benzene rings is 2. The van der Waals surface area contributed by atoms with Crippen LogP contribution in [0.15, 0.2) is 61.2 Å². The molecule has 3 rings (SSSR count). The summed E-state index contributed by atoms with van der Waals surface area (Å²) in [5.74, 6) is 1.41. The number of hydrogen-bond acceptors (Lipinski definition) is 3. The number of likely N-dealkylation sites (tertiary alicyclic amines) is 1. The second-order valence-electron chi connectivity index (χ2n) is 10.6. The van der Waals surface area contributed by atoms with Crippen LogP contribution in [0.2, 0.25) is 0 Å². The molecule has 1 saturated heterocycles. The van der Waals surface area contributed by atoms with Crippen molar-refractivity contribution in [3.8, 4) is 0 Å². The first-order chi connectivity index (χ1) is 16.5. The smallest absolute Gasteiger partial charge is 0.0340 e. The van der Waals surface area contributed by atoms with E-state index < -0.39 is 0 Å². The molecule has 0 radical (unpaired) electrons. The van der Waals surface area contributed by atoms with Crippen molar-refractivity contribution in [3.05, 3.63) is 77.9 Å². The molecular weight excluding hydrogens is 414 g/mol. The van der Waals surface area contributed by atoms with E-state index in [2.05, 4.69) is 104 Å². The molecule has 0 bridgehead atoms. The third kappa shape index (κ3) is 8.29. The fourth-order valence-electron chi connectivity index (χ4n) is 5.31. The normalized spacial score (nSPS) is 17.0. The molecule has 1 fully saturated rings. The van der Waals surface area contributed by atoms with Gasteiger partial charge in [-0.3, -0.25) is 0 Å². The largest absolute Gasteiger partial charge is 0.385 e. The predicted molar refractivity (Wildman–Crippen MR) is 148 cm³/mol.